The first kappa shape index (κ1) is 12.6. The number of nitrogens with zero attached hydrogens (tertiary/aromatic N) is 2. The summed E-state index contributed by atoms with van der Waals surface area (Å²) in [5, 5.41) is 8.07. The van der Waals surface area contributed by atoms with Crippen molar-refractivity contribution in [3.8, 4) is 0 Å². The lowest BCUT2D eigenvalue weighted by molar-refractivity contribution is 0.344. The minimum Gasteiger partial charge on any atom is -0.309 e. The van der Waals surface area contributed by atoms with E-state index in [0.717, 1.165) is 24.9 Å². The van der Waals surface area contributed by atoms with Crippen LogP contribution in [0.2, 0.25) is 0 Å². The maximum Gasteiger partial charge on any atom is 0.0556 e. The van der Waals surface area contributed by atoms with Gasteiger partial charge in [-0.2, -0.15) is 5.10 Å². The first-order chi connectivity index (χ1) is 8.26. The first-order valence-corrected chi connectivity index (χ1v) is 7.01. The molecule has 1 aliphatic rings. The number of aryl methyl sites for hydroxylation is 1. The molecule has 1 aromatic rings. The Labute approximate surface area is 105 Å². The van der Waals surface area contributed by atoms with Crippen molar-refractivity contribution in [3.63, 3.8) is 0 Å². The molecule has 3 heteroatoms. The van der Waals surface area contributed by atoms with Crippen LogP contribution < -0.4 is 5.32 Å². The van der Waals surface area contributed by atoms with Crippen LogP contribution >= 0.6 is 0 Å². The van der Waals surface area contributed by atoms with Gasteiger partial charge >= 0.3 is 0 Å². The SMILES string of the molecule is CCNC(c1ccnn1CC)C1CCC(C)C1. The molecule has 17 heavy (non-hydrogen) atoms. The van der Waals surface area contributed by atoms with Gasteiger partial charge in [-0.15, -0.1) is 0 Å². The maximum absolute atomic E-state index is 4.40. The van der Waals surface area contributed by atoms with Crippen LogP contribution in [-0.2, 0) is 6.54 Å². The van der Waals surface area contributed by atoms with Gasteiger partial charge in [0.15, 0.2) is 0 Å². The van der Waals surface area contributed by atoms with Crippen molar-refractivity contribution in [1.82, 2.24) is 15.1 Å². The molecule has 1 heterocycles. The molecule has 96 valence electrons. The predicted molar refractivity (Wildman–Crippen MR) is 70.8 cm³/mol. The van der Waals surface area contributed by atoms with Gasteiger partial charge < -0.3 is 5.32 Å². The van der Waals surface area contributed by atoms with Crippen LogP contribution in [0.25, 0.3) is 0 Å². The normalized spacial score (nSPS) is 26.3. The molecule has 0 saturated heterocycles. The fraction of sp³-hybridized carbons (Fsp3) is 0.786. The summed E-state index contributed by atoms with van der Waals surface area (Å²) in [5.41, 5.74) is 1.37. The molecule has 1 saturated carbocycles. The van der Waals surface area contributed by atoms with E-state index in [1.807, 2.05) is 6.20 Å². The molecule has 0 radical (unpaired) electrons. The number of hydrogen-bond acceptors (Lipinski definition) is 2. The molecule has 1 fully saturated rings. The highest BCUT2D eigenvalue weighted by molar-refractivity contribution is 5.09. The molecule has 0 aliphatic heterocycles. The van der Waals surface area contributed by atoms with E-state index in [0.29, 0.717) is 6.04 Å². The standard InChI is InChI=1S/C14H25N3/c1-4-15-14(12-7-6-11(3)10-12)13-8-9-16-17(13)5-2/h8-9,11-12,14-15H,4-7,10H2,1-3H3. The highest BCUT2D eigenvalue weighted by Crippen LogP contribution is 2.38. The second-order valence-electron chi connectivity index (χ2n) is 5.29. The van der Waals surface area contributed by atoms with Crippen LogP contribution in [0.15, 0.2) is 12.3 Å². The Morgan fingerprint density at radius 2 is 2.29 bits per heavy atom. The zero-order valence-corrected chi connectivity index (χ0v) is 11.3. The summed E-state index contributed by atoms with van der Waals surface area (Å²) in [5.74, 6) is 1.67. The van der Waals surface area contributed by atoms with Gasteiger partial charge in [0.1, 0.15) is 0 Å². The van der Waals surface area contributed by atoms with Gasteiger partial charge in [-0.05, 0) is 44.2 Å². The summed E-state index contributed by atoms with van der Waals surface area (Å²) in [6.45, 7) is 8.73. The molecule has 1 N–H and O–H groups in total. The number of hydrogen-bond donors (Lipinski definition) is 1. The third-order valence-corrected chi connectivity index (χ3v) is 4.00. The van der Waals surface area contributed by atoms with Crippen molar-refractivity contribution in [1.29, 1.82) is 0 Å². The van der Waals surface area contributed by atoms with E-state index in [4.69, 9.17) is 0 Å². The van der Waals surface area contributed by atoms with Crippen LogP contribution in [-0.4, -0.2) is 16.3 Å². The van der Waals surface area contributed by atoms with E-state index >= 15 is 0 Å². The fourth-order valence-corrected chi connectivity index (χ4v) is 3.16. The van der Waals surface area contributed by atoms with Crippen molar-refractivity contribution in [2.75, 3.05) is 6.54 Å². The first-order valence-electron chi connectivity index (χ1n) is 7.01. The molecular formula is C14H25N3. The van der Waals surface area contributed by atoms with Crippen molar-refractivity contribution in [3.05, 3.63) is 18.0 Å². The lowest BCUT2D eigenvalue weighted by atomic mass is 9.94. The topological polar surface area (TPSA) is 29.9 Å². The average Bonchev–Trinajstić information content (AvgIpc) is 2.94. The van der Waals surface area contributed by atoms with Crippen LogP contribution in [0.1, 0.15) is 51.8 Å². The van der Waals surface area contributed by atoms with Gasteiger partial charge in [-0.3, -0.25) is 4.68 Å². The molecule has 0 bridgehead atoms. The summed E-state index contributed by atoms with van der Waals surface area (Å²) >= 11 is 0. The van der Waals surface area contributed by atoms with E-state index < -0.39 is 0 Å². The summed E-state index contributed by atoms with van der Waals surface area (Å²) in [4.78, 5) is 0. The summed E-state index contributed by atoms with van der Waals surface area (Å²) in [6, 6.07) is 2.67. The molecule has 0 spiro atoms. The molecule has 2 rings (SSSR count). The highest BCUT2D eigenvalue weighted by Gasteiger charge is 2.30. The molecule has 0 amide bonds. The Morgan fingerprint density at radius 3 is 2.88 bits per heavy atom. The second kappa shape index (κ2) is 5.67. The van der Waals surface area contributed by atoms with E-state index in [9.17, 15) is 0 Å². The van der Waals surface area contributed by atoms with Crippen LogP contribution in [0, 0.1) is 11.8 Å². The summed E-state index contributed by atoms with van der Waals surface area (Å²) < 4.78 is 2.14. The molecule has 3 atom stereocenters. The third-order valence-electron chi connectivity index (χ3n) is 4.00. The third kappa shape index (κ3) is 2.71. The van der Waals surface area contributed by atoms with Gasteiger partial charge in [0, 0.05) is 12.7 Å². The van der Waals surface area contributed by atoms with Gasteiger partial charge in [0.25, 0.3) is 0 Å². The molecule has 0 aromatic carbocycles. The Hall–Kier alpha value is -0.830. The monoisotopic (exact) mass is 235 g/mol. The van der Waals surface area contributed by atoms with Crippen LogP contribution in [0.3, 0.4) is 0 Å². The smallest absolute Gasteiger partial charge is 0.0556 e. The minimum absolute atomic E-state index is 0.493. The zero-order chi connectivity index (χ0) is 12.3. The Kier molecular flexibility index (Phi) is 4.21. The lowest BCUT2D eigenvalue weighted by Gasteiger charge is -2.25. The Bertz CT molecular complexity index is 345. The van der Waals surface area contributed by atoms with Gasteiger partial charge in [-0.25, -0.2) is 0 Å². The number of nitrogens with one attached hydrogen (secondary N) is 1. The second-order valence-corrected chi connectivity index (χ2v) is 5.29. The van der Waals surface area contributed by atoms with Gasteiger partial charge in [0.2, 0.25) is 0 Å². The molecular weight excluding hydrogens is 210 g/mol. The molecule has 3 unspecified atom stereocenters. The highest BCUT2D eigenvalue weighted by atomic mass is 15.3. The van der Waals surface area contributed by atoms with Gasteiger partial charge in [-0.1, -0.05) is 20.3 Å². The molecule has 1 aliphatic carbocycles. The largest absolute Gasteiger partial charge is 0.309 e. The van der Waals surface area contributed by atoms with E-state index in [1.54, 1.807) is 0 Å². The van der Waals surface area contributed by atoms with Crippen LogP contribution in [0.5, 0.6) is 0 Å². The van der Waals surface area contributed by atoms with Crippen molar-refractivity contribution in [2.24, 2.45) is 11.8 Å². The number of aromatic nitrogens is 2. The fourth-order valence-electron chi connectivity index (χ4n) is 3.16. The zero-order valence-electron chi connectivity index (χ0n) is 11.3. The lowest BCUT2D eigenvalue weighted by Crippen LogP contribution is -2.29. The number of rotatable bonds is 5. The molecule has 1 aromatic heterocycles. The Balaban J connectivity index is 2.16. The van der Waals surface area contributed by atoms with Crippen molar-refractivity contribution >= 4 is 0 Å². The average molecular weight is 235 g/mol. The van der Waals surface area contributed by atoms with E-state index in [-0.39, 0.29) is 0 Å². The summed E-state index contributed by atoms with van der Waals surface area (Å²) in [6.07, 6.45) is 6.02. The van der Waals surface area contributed by atoms with Crippen molar-refractivity contribution in [2.45, 2.75) is 52.6 Å². The maximum atomic E-state index is 4.40. The quantitative estimate of drug-likeness (QED) is 0.850. The van der Waals surface area contributed by atoms with E-state index in [2.05, 4.69) is 41.9 Å². The predicted octanol–water partition coefficient (Wildman–Crippen LogP) is 2.99. The van der Waals surface area contributed by atoms with E-state index in [1.165, 1.54) is 25.0 Å². The van der Waals surface area contributed by atoms with Gasteiger partial charge in [0.05, 0.1) is 11.7 Å². The summed E-state index contributed by atoms with van der Waals surface area (Å²) in [7, 11) is 0. The van der Waals surface area contributed by atoms with Crippen LogP contribution in [0.4, 0.5) is 0 Å². The van der Waals surface area contributed by atoms with Crippen molar-refractivity contribution < 1.29 is 0 Å². The minimum atomic E-state index is 0.493. The Morgan fingerprint density at radius 1 is 1.47 bits per heavy atom. The molecule has 3 nitrogen and oxygen atoms in total.